The molecule has 1 rings (SSSR count). The van der Waals surface area contributed by atoms with Crippen LogP contribution in [0.5, 0.6) is 11.8 Å². The first-order chi connectivity index (χ1) is 9.14. The average molecular weight is 301 g/mol. The number of methoxy groups -OCH3 is 1. The molecule has 0 saturated carbocycles. The minimum absolute atomic E-state index is 0.468. The van der Waals surface area contributed by atoms with Crippen LogP contribution in [0.25, 0.3) is 0 Å². The summed E-state index contributed by atoms with van der Waals surface area (Å²) in [7, 11) is 1.03. The Morgan fingerprint density at radius 3 is 2.45 bits per heavy atom. The first-order valence-electron chi connectivity index (χ1n) is 4.97. The van der Waals surface area contributed by atoms with E-state index in [0.29, 0.717) is 0 Å². The predicted molar refractivity (Wildman–Crippen MR) is 53.8 cm³/mol. The van der Waals surface area contributed by atoms with Crippen LogP contribution in [0.15, 0.2) is 6.07 Å². The molecular weight excluding hydrogens is 293 g/mol. The number of pyridine rings is 1. The van der Waals surface area contributed by atoms with Gasteiger partial charge in [0.1, 0.15) is 0 Å². The van der Waals surface area contributed by atoms with Gasteiger partial charge in [0.15, 0.2) is 0 Å². The van der Waals surface area contributed by atoms with E-state index in [4.69, 9.17) is 5.11 Å². The zero-order chi connectivity index (χ0) is 15.5. The molecule has 1 aromatic heterocycles. The number of aliphatic carboxylic acids is 1. The SMILES string of the molecule is COc1cc(CC(=O)O)c(C(F)F)c(OC(F)(F)F)n1. The van der Waals surface area contributed by atoms with Crippen molar-refractivity contribution in [1.29, 1.82) is 0 Å². The van der Waals surface area contributed by atoms with Crippen molar-refractivity contribution in [2.75, 3.05) is 7.11 Å². The van der Waals surface area contributed by atoms with Crippen LogP contribution in [0.2, 0.25) is 0 Å². The Balaban J connectivity index is 3.41. The van der Waals surface area contributed by atoms with Crippen LogP contribution in [-0.2, 0) is 11.2 Å². The highest BCUT2D eigenvalue weighted by molar-refractivity contribution is 5.71. The van der Waals surface area contributed by atoms with Crippen LogP contribution in [0.3, 0.4) is 0 Å². The molecule has 0 bridgehead atoms. The van der Waals surface area contributed by atoms with Crippen molar-refractivity contribution < 1.29 is 41.3 Å². The zero-order valence-corrected chi connectivity index (χ0v) is 9.87. The Morgan fingerprint density at radius 1 is 1.45 bits per heavy atom. The van der Waals surface area contributed by atoms with Crippen LogP contribution in [0.1, 0.15) is 17.6 Å². The van der Waals surface area contributed by atoms with Crippen LogP contribution < -0.4 is 9.47 Å². The fourth-order valence-electron chi connectivity index (χ4n) is 1.39. The van der Waals surface area contributed by atoms with Gasteiger partial charge in [0.25, 0.3) is 6.43 Å². The lowest BCUT2D eigenvalue weighted by atomic mass is 10.1. The van der Waals surface area contributed by atoms with E-state index < -0.39 is 48.1 Å². The maximum Gasteiger partial charge on any atom is 0.574 e. The molecule has 0 amide bonds. The van der Waals surface area contributed by atoms with E-state index in [1.165, 1.54) is 0 Å². The molecule has 0 unspecified atom stereocenters. The number of carboxylic acid groups (broad SMARTS) is 1. The second-order valence-electron chi connectivity index (χ2n) is 3.46. The topological polar surface area (TPSA) is 68.7 Å². The van der Waals surface area contributed by atoms with Crippen molar-refractivity contribution in [3.63, 3.8) is 0 Å². The third kappa shape index (κ3) is 4.21. The van der Waals surface area contributed by atoms with Gasteiger partial charge in [-0.15, -0.1) is 13.2 Å². The lowest BCUT2D eigenvalue weighted by molar-refractivity contribution is -0.276. The predicted octanol–water partition coefficient (Wildman–Crippen LogP) is 2.55. The van der Waals surface area contributed by atoms with Gasteiger partial charge in [0.2, 0.25) is 11.8 Å². The van der Waals surface area contributed by atoms with E-state index in [9.17, 15) is 26.7 Å². The summed E-state index contributed by atoms with van der Waals surface area (Å²) in [5.41, 5.74) is -1.80. The summed E-state index contributed by atoms with van der Waals surface area (Å²) in [6, 6.07) is 0.818. The third-order valence-electron chi connectivity index (χ3n) is 2.07. The first kappa shape index (κ1) is 15.9. The van der Waals surface area contributed by atoms with Gasteiger partial charge in [-0.3, -0.25) is 4.79 Å². The number of hydrogen-bond donors (Lipinski definition) is 1. The highest BCUT2D eigenvalue weighted by Crippen LogP contribution is 2.36. The number of halogens is 5. The van der Waals surface area contributed by atoms with Crippen LogP contribution >= 0.6 is 0 Å². The molecule has 1 aromatic rings. The molecule has 0 atom stereocenters. The van der Waals surface area contributed by atoms with Crippen molar-refractivity contribution in [3.8, 4) is 11.8 Å². The summed E-state index contributed by atoms with van der Waals surface area (Å²) in [4.78, 5) is 13.7. The van der Waals surface area contributed by atoms with E-state index in [2.05, 4.69) is 14.5 Å². The van der Waals surface area contributed by atoms with Crippen molar-refractivity contribution in [2.45, 2.75) is 19.2 Å². The van der Waals surface area contributed by atoms with Gasteiger partial charge in [0.05, 0.1) is 19.1 Å². The number of carbonyl (C=O) groups is 1. The summed E-state index contributed by atoms with van der Waals surface area (Å²) in [5, 5.41) is 8.59. The molecule has 0 aliphatic rings. The zero-order valence-electron chi connectivity index (χ0n) is 9.87. The van der Waals surface area contributed by atoms with Gasteiger partial charge >= 0.3 is 12.3 Å². The Kier molecular flexibility index (Phi) is 4.69. The molecule has 1 N–H and O–H groups in total. The second kappa shape index (κ2) is 5.88. The fraction of sp³-hybridized carbons (Fsp3) is 0.400. The molecule has 5 nitrogen and oxygen atoms in total. The van der Waals surface area contributed by atoms with Crippen LogP contribution in [-0.4, -0.2) is 29.5 Å². The molecule has 20 heavy (non-hydrogen) atoms. The van der Waals surface area contributed by atoms with Crippen molar-refractivity contribution >= 4 is 5.97 Å². The number of aromatic nitrogens is 1. The van der Waals surface area contributed by atoms with E-state index in [-0.39, 0.29) is 0 Å². The van der Waals surface area contributed by atoms with Gasteiger partial charge in [-0.25, -0.2) is 8.78 Å². The summed E-state index contributed by atoms with van der Waals surface area (Å²) >= 11 is 0. The number of ether oxygens (including phenoxy) is 2. The number of carboxylic acids is 1. The summed E-state index contributed by atoms with van der Waals surface area (Å²) in [6.07, 6.45) is -9.56. The van der Waals surface area contributed by atoms with Crippen molar-refractivity contribution in [3.05, 3.63) is 17.2 Å². The van der Waals surface area contributed by atoms with Gasteiger partial charge in [-0.05, 0) is 5.56 Å². The summed E-state index contributed by atoms with van der Waals surface area (Å²) in [6.45, 7) is 0. The smallest absolute Gasteiger partial charge is 0.481 e. The first-order valence-corrected chi connectivity index (χ1v) is 4.97. The van der Waals surface area contributed by atoms with Crippen LogP contribution in [0.4, 0.5) is 22.0 Å². The number of hydrogen-bond acceptors (Lipinski definition) is 4. The van der Waals surface area contributed by atoms with E-state index in [0.717, 1.165) is 13.2 Å². The lowest BCUT2D eigenvalue weighted by Gasteiger charge is -2.15. The molecular formula is C10H8F5NO4. The molecule has 1 heterocycles. The summed E-state index contributed by atoms with van der Waals surface area (Å²) in [5.74, 6) is -3.40. The Morgan fingerprint density at radius 2 is 2.05 bits per heavy atom. The normalized spacial score (nSPS) is 11.6. The van der Waals surface area contributed by atoms with Crippen molar-refractivity contribution in [1.82, 2.24) is 4.98 Å². The van der Waals surface area contributed by atoms with E-state index >= 15 is 0 Å². The Bertz CT molecular complexity index is 503. The largest absolute Gasteiger partial charge is 0.574 e. The highest BCUT2D eigenvalue weighted by Gasteiger charge is 2.35. The van der Waals surface area contributed by atoms with Crippen molar-refractivity contribution in [2.24, 2.45) is 0 Å². The quantitative estimate of drug-likeness (QED) is 0.846. The van der Waals surface area contributed by atoms with E-state index in [1.54, 1.807) is 0 Å². The van der Waals surface area contributed by atoms with Gasteiger partial charge in [-0.2, -0.15) is 4.98 Å². The van der Waals surface area contributed by atoms with Gasteiger partial charge in [-0.1, -0.05) is 0 Å². The second-order valence-corrected chi connectivity index (χ2v) is 3.46. The number of rotatable bonds is 5. The molecule has 0 aliphatic carbocycles. The molecule has 0 aliphatic heterocycles. The monoisotopic (exact) mass is 301 g/mol. The summed E-state index contributed by atoms with van der Waals surface area (Å²) < 4.78 is 70.0. The molecule has 0 fully saturated rings. The molecule has 112 valence electrons. The van der Waals surface area contributed by atoms with Gasteiger partial charge in [0, 0.05) is 6.07 Å². The molecule has 0 spiro atoms. The molecule has 0 radical (unpaired) electrons. The Hall–Kier alpha value is -2.13. The van der Waals surface area contributed by atoms with Crippen LogP contribution in [0, 0.1) is 0 Å². The number of alkyl halides is 5. The fourth-order valence-corrected chi connectivity index (χ4v) is 1.39. The van der Waals surface area contributed by atoms with Gasteiger partial charge < -0.3 is 14.6 Å². The average Bonchev–Trinajstić information content (AvgIpc) is 2.24. The third-order valence-corrected chi connectivity index (χ3v) is 2.07. The molecule has 10 heteroatoms. The standard InChI is InChI=1S/C10H8F5NO4/c1-19-5-2-4(3-6(17)18)7(8(11)12)9(16-5)20-10(13,14)15/h2,8H,3H2,1H3,(H,17,18). The van der Waals surface area contributed by atoms with E-state index in [1.807, 2.05) is 0 Å². The molecule has 0 saturated heterocycles. The Labute approximate surface area is 108 Å². The minimum atomic E-state index is -5.25. The number of nitrogens with zero attached hydrogens (tertiary/aromatic N) is 1. The highest BCUT2D eigenvalue weighted by atomic mass is 19.4. The molecule has 0 aromatic carbocycles. The maximum atomic E-state index is 12.8. The maximum absolute atomic E-state index is 12.8. The lowest BCUT2D eigenvalue weighted by Crippen LogP contribution is -2.20. The minimum Gasteiger partial charge on any atom is -0.481 e.